The number of hydrogen-bond donors (Lipinski definition) is 0. The number of benzene rings is 1. The Morgan fingerprint density at radius 1 is 0.846 bits per heavy atom. The molecule has 0 radical (unpaired) electrons. The average molecular weight is 226 g/mol. The quantitative estimate of drug-likeness (QED) is 0.583. The van der Waals surface area contributed by atoms with Gasteiger partial charge in [0, 0.05) is 0 Å². The van der Waals surface area contributed by atoms with Crippen LogP contribution in [0.1, 0.15) is 0 Å². The Kier molecular flexibility index (Phi) is 7.44. The predicted molar refractivity (Wildman–Crippen MR) is 50.1 cm³/mol. The zero-order chi connectivity index (χ0) is 8.81. The van der Waals surface area contributed by atoms with Gasteiger partial charge >= 0.3 is 46.9 Å². The summed E-state index contributed by atoms with van der Waals surface area (Å²) in [4.78, 5) is 0. The van der Waals surface area contributed by atoms with E-state index >= 15 is 0 Å². The molecule has 0 spiro atoms. The van der Waals surface area contributed by atoms with Crippen molar-refractivity contribution in [2.24, 2.45) is 0 Å². The molecule has 1 rings (SSSR count). The molecular formula is C6H5NaO4P2. The van der Waals surface area contributed by atoms with E-state index in [2.05, 4.69) is 9.05 Å². The van der Waals surface area contributed by atoms with E-state index in [0.29, 0.717) is 11.5 Å². The summed E-state index contributed by atoms with van der Waals surface area (Å²) in [5, 5.41) is 0. The first kappa shape index (κ1) is 13.0. The molecule has 0 heterocycles. The summed E-state index contributed by atoms with van der Waals surface area (Å²) in [5.74, 6) is 0.920. The molecule has 0 saturated heterocycles. The fourth-order valence-corrected chi connectivity index (χ4v) is 1.06. The molecule has 0 saturated carbocycles. The molecule has 7 heteroatoms. The van der Waals surface area contributed by atoms with Crippen LogP contribution in [0.25, 0.3) is 0 Å². The van der Waals surface area contributed by atoms with Crippen LogP contribution in [0.3, 0.4) is 0 Å². The van der Waals surface area contributed by atoms with Crippen molar-refractivity contribution in [3.05, 3.63) is 24.3 Å². The minimum absolute atomic E-state index is 0. The van der Waals surface area contributed by atoms with E-state index in [1.165, 1.54) is 0 Å². The van der Waals surface area contributed by atoms with Gasteiger partial charge in [-0.05, 0) is 24.3 Å². The van der Waals surface area contributed by atoms with E-state index in [1.807, 2.05) is 0 Å². The number of rotatable bonds is 4. The molecule has 0 amide bonds. The second-order valence-corrected chi connectivity index (χ2v) is 2.47. The second-order valence-electron chi connectivity index (χ2n) is 1.80. The summed E-state index contributed by atoms with van der Waals surface area (Å²) < 4.78 is 29.2. The van der Waals surface area contributed by atoms with Crippen LogP contribution < -0.4 is 9.05 Å². The maximum absolute atomic E-state index is 9.98. The van der Waals surface area contributed by atoms with Gasteiger partial charge in [0.1, 0.15) is 11.5 Å². The summed E-state index contributed by atoms with van der Waals surface area (Å²) in [6, 6.07) is 6.24. The summed E-state index contributed by atoms with van der Waals surface area (Å²) >= 11 is 0. The Hall–Kier alpha value is 0.0200. The van der Waals surface area contributed by atoms with Gasteiger partial charge in [-0.1, -0.05) is 0 Å². The Morgan fingerprint density at radius 3 is 1.38 bits per heavy atom. The number of hydrogen-bond acceptors (Lipinski definition) is 4. The Balaban J connectivity index is 0.00000144. The maximum atomic E-state index is 9.98. The molecule has 0 aromatic heterocycles. The van der Waals surface area contributed by atoms with E-state index < -0.39 is 17.4 Å². The van der Waals surface area contributed by atoms with Crippen LogP contribution in [-0.4, -0.2) is 29.6 Å². The normalized spacial score (nSPS) is 9.23. The van der Waals surface area contributed by atoms with Gasteiger partial charge in [0.15, 0.2) is 0 Å². The van der Waals surface area contributed by atoms with Crippen LogP contribution >= 0.6 is 17.4 Å². The van der Waals surface area contributed by atoms with Crippen molar-refractivity contribution < 1.29 is 18.2 Å². The van der Waals surface area contributed by atoms with Crippen LogP contribution in [0.15, 0.2) is 24.3 Å². The van der Waals surface area contributed by atoms with Gasteiger partial charge in [0.25, 0.3) is 0 Å². The summed E-state index contributed by atoms with van der Waals surface area (Å²) in [6.45, 7) is 0. The first-order chi connectivity index (χ1) is 5.86. The second kappa shape index (κ2) is 7.43. The van der Waals surface area contributed by atoms with Gasteiger partial charge in [-0.3, -0.25) is 0 Å². The summed E-state index contributed by atoms with van der Waals surface area (Å²) in [7, 11) is -0.802. The molecule has 0 aliphatic carbocycles. The molecule has 0 atom stereocenters. The van der Waals surface area contributed by atoms with Gasteiger partial charge in [-0.25, -0.2) is 9.13 Å². The molecule has 1 aromatic carbocycles. The van der Waals surface area contributed by atoms with E-state index in [1.54, 1.807) is 24.3 Å². The molecule has 0 aliphatic heterocycles. The van der Waals surface area contributed by atoms with Crippen molar-refractivity contribution in [1.82, 2.24) is 0 Å². The zero-order valence-electron chi connectivity index (χ0n) is 5.84. The van der Waals surface area contributed by atoms with Crippen molar-refractivity contribution in [2.45, 2.75) is 0 Å². The monoisotopic (exact) mass is 226 g/mol. The van der Waals surface area contributed by atoms with Crippen LogP contribution in [0.4, 0.5) is 0 Å². The summed E-state index contributed by atoms with van der Waals surface area (Å²) in [5.41, 5.74) is 0. The topological polar surface area (TPSA) is 52.6 Å². The molecule has 0 N–H and O–H groups in total. The third kappa shape index (κ3) is 4.70. The third-order valence-electron chi connectivity index (χ3n) is 1.11. The Morgan fingerprint density at radius 2 is 1.15 bits per heavy atom. The van der Waals surface area contributed by atoms with Gasteiger partial charge in [0.05, 0.1) is 0 Å². The molecule has 1 aromatic rings. The van der Waals surface area contributed by atoms with Crippen LogP contribution in [0.5, 0.6) is 11.5 Å². The van der Waals surface area contributed by atoms with Crippen molar-refractivity contribution in [1.29, 1.82) is 0 Å². The fraction of sp³-hybridized carbons (Fsp3) is 0. The van der Waals surface area contributed by atoms with Crippen LogP contribution in [0.2, 0.25) is 0 Å². The molecular weight excluding hydrogens is 221 g/mol. The molecule has 0 aliphatic rings. The van der Waals surface area contributed by atoms with Crippen molar-refractivity contribution >= 4 is 46.9 Å². The zero-order valence-corrected chi connectivity index (χ0v) is 7.63. The first-order valence-electron chi connectivity index (χ1n) is 2.96. The molecule has 0 unspecified atom stereocenters. The van der Waals surface area contributed by atoms with E-state index in [4.69, 9.17) is 0 Å². The Labute approximate surface area is 100 Å². The van der Waals surface area contributed by atoms with Crippen LogP contribution in [-0.2, 0) is 9.13 Å². The molecule has 13 heavy (non-hydrogen) atoms. The van der Waals surface area contributed by atoms with Gasteiger partial charge in [-0.15, -0.1) is 0 Å². The van der Waals surface area contributed by atoms with Gasteiger partial charge in [-0.2, -0.15) is 0 Å². The molecule has 0 fully saturated rings. The van der Waals surface area contributed by atoms with Gasteiger partial charge < -0.3 is 9.05 Å². The molecule has 0 bridgehead atoms. The molecule has 4 nitrogen and oxygen atoms in total. The first-order valence-corrected chi connectivity index (χ1v) is 4.42. The molecule has 64 valence electrons. The predicted octanol–water partition coefficient (Wildman–Crippen LogP) is 2.21. The third-order valence-corrected chi connectivity index (χ3v) is 1.68. The van der Waals surface area contributed by atoms with E-state index in [-0.39, 0.29) is 29.6 Å². The standard InChI is InChI=1S/C6H4O4P2.Na.H/c7-11-9-5-1-2-6(4-3-5)10-12-8;;/h1-4H;;. The SMILES string of the molecule is O=POc1ccc(OP=O)cc1.[NaH]. The van der Waals surface area contributed by atoms with Crippen molar-refractivity contribution in [3.63, 3.8) is 0 Å². The van der Waals surface area contributed by atoms with Crippen molar-refractivity contribution in [3.8, 4) is 11.5 Å². The fourth-order valence-electron chi connectivity index (χ4n) is 0.647. The van der Waals surface area contributed by atoms with Gasteiger partial charge in [0.2, 0.25) is 0 Å². The van der Waals surface area contributed by atoms with Crippen molar-refractivity contribution in [2.75, 3.05) is 0 Å². The van der Waals surface area contributed by atoms with E-state index in [0.717, 1.165) is 0 Å². The average Bonchev–Trinajstić information content (AvgIpc) is 2.09. The minimum atomic E-state index is -0.401. The summed E-state index contributed by atoms with van der Waals surface area (Å²) in [6.07, 6.45) is 0. The van der Waals surface area contributed by atoms with Crippen LogP contribution in [0, 0.1) is 0 Å². The van der Waals surface area contributed by atoms with E-state index in [9.17, 15) is 9.13 Å². The Bertz CT molecular complexity index is 247.